The van der Waals surface area contributed by atoms with E-state index in [2.05, 4.69) is 0 Å². The monoisotopic (exact) mass is 383 g/mol. The number of nitro groups is 1. The summed E-state index contributed by atoms with van der Waals surface area (Å²) < 4.78 is 31.9. The Morgan fingerprint density at radius 2 is 1.96 bits per heavy atom. The number of anilines is 2. The zero-order valence-electron chi connectivity index (χ0n) is 13.2. The van der Waals surface area contributed by atoms with Crippen molar-refractivity contribution < 1.29 is 33.1 Å². The predicted molar refractivity (Wildman–Crippen MR) is 89.9 cm³/mol. The van der Waals surface area contributed by atoms with Crippen LogP contribution in [-0.2, 0) is 10.0 Å². The Kier molecular flexibility index (Phi) is 4.88. The number of methoxy groups -OCH3 is 1. The van der Waals surface area contributed by atoms with Crippen LogP contribution in [0, 0.1) is 10.1 Å². The van der Waals surface area contributed by atoms with Crippen LogP contribution in [0.15, 0.2) is 35.2 Å². The lowest BCUT2D eigenvalue weighted by molar-refractivity contribution is -0.386. The van der Waals surface area contributed by atoms with Gasteiger partial charge >= 0.3 is 11.7 Å². The smallest absolute Gasteiger partial charge is 0.337 e. The van der Waals surface area contributed by atoms with E-state index in [1.54, 1.807) is 0 Å². The number of nitro benzene ring substituents is 1. The van der Waals surface area contributed by atoms with E-state index in [0.717, 1.165) is 18.2 Å². The van der Waals surface area contributed by atoms with Gasteiger partial charge in [0.05, 0.1) is 33.9 Å². The van der Waals surface area contributed by atoms with Crippen molar-refractivity contribution in [3.63, 3.8) is 0 Å². The van der Waals surface area contributed by atoms with Crippen molar-refractivity contribution in [2.24, 2.45) is 0 Å². The molecule has 0 amide bonds. The van der Waals surface area contributed by atoms with Crippen LogP contribution in [0.25, 0.3) is 0 Å². The van der Waals surface area contributed by atoms with Gasteiger partial charge in [-0.3, -0.25) is 14.8 Å². The molecule has 0 aromatic heterocycles. The molecule has 2 rings (SSSR count). The van der Waals surface area contributed by atoms with Gasteiger partial charge in [0.1, 0.15) is 5.75 Å². The Bertz CT molecular complexity index is 1000. The Labute approximate surface area is 146 Å². The van der Waals surface area contributed by atoms with Gasteiger partial charge in [0.2, 0.25) is 5.75 Å². The van der Waals surface area contributed by atoms with Crippen molar-refractivity contribution in [3.05, 3.63) is 46.0 Å². The maximum atomic E-state index is 12.5. The fourth-order valence-corrected chi connectivity index (χ4v) is 3.16. The maximum Gasteiger partial charge on any atom is 0.337 e. The summed E-state index contributed by atoms with van der Waals surface area (Å²) in [5.41, 5.74) is 3.30. The zero-order valence-corrected chi connectivity index (χ0v) is 14.0. The van der Waals surface area contributed by atoms with Crippen LogP contribution < -0.4 is 15.2 Å². The Hall–Kier alpha value is -3.54. The van der Waals surface area contributed by atoms with Gasteiger partial charge in [-0.2, -0.15) is 0 Å². The number of carbonyl (C=O) groups is 1. The van der Waals surface area contributed by atoms with E-state index in [4.69, 9.17) is 10.5 Å². The van der Waals surface area contributed by atoms with Crippen molar-refractivity contribution in [2.45, 2.75) is 4.90 Å². The minimum Gasteiger partial charge on any atom is -0.501 e. The number of carboxylic acid groups (broad SMARTS) is 1. The normalized spacial score (nSPS) is 11.0. The van der Waals surface area contributed by atoms with E-state index in [1.165, 1.54) is 13.2 Å². The van der Waals surface area contributed by atoms with Gasteiger partial charge in [-0.15, -0.1) is 0 Å². The number of rotatable bonds is 6. The number of hydrogen-bond acceptors (Lipinski definition) is 8. The van der Waals surface area contributed by atoms with Crippen molar-refractivity contribution in [1.82, 2.24) is 0 Å². The molecule has 0 aliphatic carbocycles. The third-order valence-corrected chi connectivity index (χ3v) is 4.65. The molecule has 0 atom stereocenters. The summed E-state index contributed by atoms with van der Waals surface area (Å²) in [7, 11) is -3.13. The number of phenols is 1. The Balaban J connectivity index is 2.54. The number of nitrogens with one attached hydrogen (secondary N) is 1. The molecule has 0 saturated carbocycles. The van der Waals surface area contributed by atoms with Gasteiger partial charge in [0.25, 0.3) is 10.0 Å². The molecular formula is C14H13N3O8S. The number of phenolic OH excluding ortho intramolecular Hbond substituents is 1. The van der Waals surface area contributed by atoms with Crippen molar-refractivity contribution in [2.75, 3.05) is 17.6 Å². The van der Waals surface area contributed by atoms with Gasteiger partial charge < -0.3 is 20.7 Å². The number of aromatic hydroxyl groups is 1. The molecule has 0 aliphatic heterocycles. The number of hydrogen-bond donors (Lipinski definition) is 4. The molecule has 0 fully saturated rings. The minimum absolute atomic E-state index is 0.190. The van der Waals surface area contributed by atoms with Gasteiger partial charge in [0.15, 0.2) is 0 Å². The summed E-state index contributed by atoms with van der Waals surface area (Å²) >= 11 is 0. The summed E-state index contributed by atoms with van der Waals surface area (Å²) in [6, 6.07) is 5.02. The van der Waals surface area contributed by atoms with Crippen LogP contribution in [0.2, 0.25) is 0 Å². The van der Waals surface area contributed by atoms with Crippen LogP contribution in [0.4, 0.5) is 17.1 Å². The number of nitrogen functional groups attached to an aromatic ring is 1. The lowest BCUT2D eigenvalue weighted by Gasteiger charge is -2.12. The minimum atomic E-state index is -4.43. The lowest BCUT2D eigenvalue weighted by Crippen LogP contribution is -2.16. The first-order chi connectivity index (χ1) is 12.1. The van der Waals surface area contributed by atoms with Crippen molar-refractivity contribution in [3.8, 4) is 11.5 Å². The fourth-order valence-electron chi connectivity index (χ4n) is 2.03. The second kappa shape index (κ2) is 6.76. The average Bonchev–Trinajstić information content (AvgIpc) is 2.56. The lowest BCUT2D eigenvalue weighted by atomic mass is 10.2. The van der Waals surface area contributed by atoms with Crippen molar-refractivity contribution in [1.29, 1.82) is 0 Å². The maximum absolute atomic E-state index is 12.5. The first kappa shape index (κ1) is 18.8. The molecule has 2 aromatic carbocycles. The molecule has 0 radical (unpaired) electrons. The zero-order chi connectivity index (χ0) is 19.6. The molecule has 0 spiro atoms. The number of aromatic carboxylic acids is 1. The number of carboxylic acids is 1. The van der Waals surface area contributed by atoms with E-state index >= 15 is 0 Å². The van der Waals surface area contributed by atoms with Gasteiger partial charge in [0, 0.05) is 6.07 Å². The summed E-state index contributed by atoms with van der Waals surface area (Å²) in [5, 5.41) is 29.7. The molecule has 26 heavy (non-hydrogen) atoms. The molecule has 12 heteroatoms. The number of nitrogens with two attached hydrogens (primary N) is 1. The van der Waals surface area contributed by atoms with E-state index in [1.807, 2.05) is 4.72 Å². The molecule has 138 valence electrons. The van der Waals surface area contributed by atoms with Gasteiger partial charge in [-0.05, 0) is 24.3 Å². The molecular weight excluding hydrogens is 370 g/mol. The third kappa shape index (κ3) is 3.59. The highest BCUT2D eigenvalue weighted by molar-refractivity contribution is 7.92. The summed E-state index contributed by atoms with van der Waals surface area (Å²) in [5.74, 6) is -2.10. The molecule has 0 bridgehead atoms. The summed E-state index contributed by atoms with van der Waals surface area (Å²) in [4.78, 5) is 20.6. The van der Waals surface area contributed by atoms with Crippen molar-refractivity contribution >= 4 is 33.1 Å². The van der Waals surface area contributed by atoms with Gasteiger partial charge in [-0.1, -0.05) is 0 Å². The van der Waals surface area contributed by atoms with Crippen LogP contribution >= 0.6 is 0 Å². The topological polar surface area (TPSA) is 182 Å². The number of nitrogens with zero attached hydrogens (tertiary/aromatic N) is 1. The van der Waals surface area contributed by atoms with Crippen LogP contribution in [0.1, 0.15) is 10.4 Å². The summed E-state index contributed by atoms with van der Waals surface area (Å²) in [6.07, 6.45) is 0. The number of benzene rings is 2. The molecule has 0 saturated heterocycles. The molecule has 11 nitrogen and oxygen atoms in total. The molecule has 5 N–H and O–H groups in total. The second-order valence-corrected chi connectivity index (χ2v) is 6.64. The van der Waals surface area contributed by atoms with E-state index in [-0.39, 0.29) is 11.4 Å². The number of sulfonamides is 1. The second-order valence-electron chi connectivity index (χ2n) is 4.96. The molecule has 0 unspecified atom stereocenters. The molecule has 2 aromatic rings. The van der Waals surface area contributed by atoms with Gasteiger partial charge in [-0.25, -0.2) is 13.2 Å². The quantitative estimate of drug-likeness (QED) is 0.248. The summed E-state index contributed by atoms with van der Waals surface area (Å²) in [6.45, 7) is 0. The Morgan fingerprint density at radius 1 is 1.31 bits per heavy atom. The fraction of sp³-hybridized carbons (Fsp3) is 0.0714. The van der Waals surface area contributed by atoms with E-state index in [9.17, 15) is 33.5 Å². The first-order valence-corrected chi connectivity index (χ1v) is 8.26. The molecule has 0 aliphatic rings. The third-order valence-electron chi connectivity index (χ3n) is 3.30. The highest BCUT2D eigenvalue weighted by Gasteiger charge is 2.25. The Morgan fingerprint density at radius 3 is 2.50 bits per heavy atom. The molecule has 0 heterocycles. The first-order valence-electron chi connectivity index (χ1n) is 6.78. The van der Waals surface area contributed by atoms with Crippen LogP contribution in [0.3, 0.4) is 0 Å². The predicted octanol–water partition coefficient (Wildman–Crippen LogP) is 1.39. The standard InChI is InChI=1S/C14H13N3O8S/c1-25-7-2-3-11(9(4-7)14(19)20)16-26(23,24)8-5-10(15)13(18)12(6-8)17(21)22/h2-6,16,18H,15H2,1H3,(H,19,20). The van der Waals surface area contributed by atoms with E-state index < -0.39 is 48.5 Å². The average molecular weight is 383 g/mol. The highest BCUT2D eigenvalue weighted by atomic mass is 32.2. The SMILES string of the molecule is COc1ccc(NS(=O)(=O)c2cc(N)c(O)c([N+](=O)[O-])c2)c(C(=O)O)c1. The number of ether oxygens (including phenoxy) is 1. The largest absolute Gasteiger partial charge is 0.501 e. The van der Waals surface area contributed by atoms with Crippen LogP contribution in [0.5, 0.6) is 11.5 Å². The van der Waals surface area contributed by atoms with Crippen LogP contribution in [-0.4, -0.2) is 36.6 Å². The highest BCUT2D eigenvalue weighted by Crippen LogP contribution is 2.35. The van der Waals surface area contributed by atoms with E-state index in [0.29, 0.717) is 6.07 Å².